The maximum Gasteiger partial charge on any atom is 0.247 e. The second kappa shape index (κ2) is 6.72. The van der Waals surface area contributed by atoms with Crippen molar-refractivity contribution >= 4 is 34.0 Å². The van der Waals surface area contributed by atoms with Crippen LogP contribution in [0.5, 0.6) is 0 Å². The number of benzene rings is 2. The van der Waals surface area contributed by atoms with Crippen molar-refractivity contribution in [2.24, 2.45) is 0 Å². The van der Waals surface area contributed by atoms with Gasteiger partial charge in [-0.3, -0.25) is 9.78 Å². The van der Waals surface area contributed by atoms with Crippen LogP contribution < -0.4 is 5.32 Å². The molecule has 1 amide bonds. The first kappa shape index (κ1) is 16.5. The van der Waals surface area contributed by atoms with Crippen molar-refractivity contribution in [1.82, 2.24) is 14.5 Å². The maximum absolute atomic E-state index is 12.9. The summed E-state index contributed by atoms with van der Waals surface area (Å²) in [5, 5.41) is 2.99. The van der Waals surface area contributed by atoms with Crippen LogP contribution in [0.2, 0.25) is 0 Å². The molecule has 2 aromatic heterocycles. The minimum absolute atomic E-state index is 0.0808. The predicted molar refractivity (Wildman–Crippen MR) is 105 cm³/mol. The summed E-state index contributed by atoms with van der Waals surface area (Å²) in [6.07, 6.45) is 1.78. The van der Waals surface area contributed by atoms with E-state index in [1.54, 1.807) is 11.7 Å². The average Bonchev–Trinajstić information content (AvgIpc) is 3.30. The van der Waals surface area contributed by atoms with Crippen molar-refractivity contribution in [1.29, 1.82) is 0 Å². The summed E-state index contributed by atoms with van der Waals surface area (Å²) in [4.78, 5) is 22.7. The van der Waals surface area contributed by atoms with E-state index in [2.05, 4.69) is 10.3 Å². The first-order valence-electron chi connectivity index (χ1n) is 8.37. The number of hydrogen-bond acceptors (Lipinski definition) is 4. The molecular formula is C20H18N4OS. The number of carbonyl (C=O) groups is 1. The Morgan fingerprint density at radius 1 is 1.15 bits per heavy atom. The van der Waals surface area contributed by atoms with Crippen LogP contribution in [0.1, 0.15) is 18.5 Å². The molecule has 0 aliphatic rings. The molecule has 1 unspecified atom stereocenters. The zero-order valence-corrected chi connectivity index (χ0v) is 15.3. The van der Waals surface area contributed by atoms with Crippen LogP contribution in [0.25, 0.3) is 21.7 Å². The number of aromatic nitrogens is 3. The van der Waals surface area contributed by atoms with Gasteiger partial charge in [-0.1, -0.05) is 29.8 Å². The molecule has 4 aromatic rings. The summed E-state index contributed by atoms with van der Waals surface area (Å²) < 4.78 is 1.98. The van der Waals surface area contributed by atoms with Crippen LogP contribution in [0.4, 0.5) is 5.69 Å². The fraction of sp³-hybridized carbons (Fsp3) is 0.150. The third-order valence-electron chi connectivity index (χ3n) is 4.33. The molecule has 1 atom stereocenters. The smallest absolute Gasteiger partial charge is 0.247 e. The van der Waals surface area contributed by atoms with Gasteiger partial charge in [-0.05, 0) is 38.1 Å². The van der Waals surface area contributed by atoms with Crippen molar-refractivity contribution in [3.63, 3.8) is 0 Å². The molecule has 0 spiro atoms. The highest BCUT2D eigenvalue weighted by Crippen LogP contribution is 2.30. The molecule has 0 bridgehead atoms. The summed E-state index contributed by atoms with van der Waals surface area (Å²) in [7, 11) is 0. The van der Waals surface area contributed by atoms with E-state index in [1.165, 1.54) is 11.3 Å². The minimum atomic E-state index is -0.416. The molecule has 0 radical (unpaired) electrons. The molecule has 0 fully saturated rings. The molecule has 130 valence electrons. The first-order chi connectivity index (χ1) is 12.6. The Bertz CT molecular complexity index is 1050. The largest absolute Gasteiger partial charge is 0.324 e. The molecule has 0 saturated carbocycles. The monoisotopic (exact) mass is 362 g/mol. The lowest BCUT2D eigenvalue weighted by atomic mass is 10.2. The topological polar surface area (TPSA) is 59.8 Å². The molecule has 0 aliphatic heterocycles. The van der Waals surface area contributed by atoms with Gasteiger partial charge in [0, 0.05) is 11.9 Å². The number of nitrogens with one attached hydrogen (secondary N) is 1. The molecular weight excluding hydrogens is 344 g/mol. The zero-order valence-electron chi connectivity index (χ0n) is 14.5. The number of thiazole rings is 1. The number of fused-ring (bicyclic) bond motifs is 1. The predicted octanol–water partition coefficient (Wildman–Crippen LogP) is 4.67. The number of para-hydroxylation sites is 2. The second-order valence-electron chi connectivity index (χ2n) is 6.19. The van der Waals surface area contributed by atoms with Crippen LogP contribution in [0.15, 0.2) is 60.2 Å². The Hall–Kier alpha value is -2.99. The number of amides is 1. The van der Waals surface area contributed by atoms with Gasteiger partial charge in [0.05, 0.1) is 21.4 Å². The van der Waals surface area contributed by atoms with Crippen molar-refractivity contribution < 1.29 is 4.79 Å². The van der Waals surface area contributed by atoms with Gasteiger partial charge >= 0.3 is 0 Å². The van der Waals surface area contributed by atoms with Crippen LogP contribution in [0, 0.1) is 6.92 Å². The van der Waals surface area contributed by atoms with Gasteiger partial charge < -0.3 is 9.88 Å². The molecule has 0 saturated heterocycles. The van der Waals surface area contributed by atoms with Gasteiger partial charge in [0.25, 0.3) is 0 Å². The Balaban J connectivity index is 1.73. The Morgan fingerprint density at radius 2 is 1.92 bits per heavy atom. The van der Waals surface area contributed by atoms with E-state index >= 15 is 0 Å². The Labute approximate surface area is 155 Å². The third kappa shape index (κ3) is 2.99. The molecule has 2 aromatic carbocycles. The Morgan fingerprint density at radius 3 is 2.65 bits per heavy atom. The van der Waals surface area contributed by atoms with Gasteiger partial charge in [-0.15, -0.1) is 11.3 Å². The number of imidazole rings is 1. The quantitative estimate of drug-likeness (QED) is 0.574. The third-order valence-corrected chi connectivity index (χ3v) is 5.10. The lowest BCUT2D eigenvalue weighted by molar-refractivity contribution is -0.118. The summed E-state index contributed by atoms with van der Waals surface area (Å²) in [5.41, 5.74) is 5.52. The number of rotatable bonds is 4. The summed E-state index contributed by atoms with van der Waals surface area (Å²) in [5.74, 6) is 0.683. The summed E-state index contributed by atoms with van der Waals surface area (Å²) >= 11 is 1.51. The molecule has 5 nitrogen and oxygen atoms in total. The van der Waals surface area contributed by atoms with Crippen molar-refractivity contribution in [2.75, 3.05) is 5.32 Å². The van der Waals surface area contributed by atoms with Gasteiger partial charge in [0.1, 0.15) is 6.04 Å². The van der Waals surface area contributed by atoms with Crippen LogP contribution in [0.3, 0.4) is 0 Å². The van der Waals surface area contributed by atoms with Crippen molar-refractivity contribution in [3.8, 4) is 10.7 Å². The highest BCUT2D eigenvalue weighted by Gasteiger charge is 2.23. The second-order valence-corrected chi connectivity index (χ2v) is 7.08. The fourth-order valence-electron chi connectivity index (χ4n) is 2.94. The van der Waals surface area contributed by atoms with Gasteiger partial charge in [-0.25, -0.2) is 4.98 Å². The van der Waals surface area contributed by atoms with Gasteiger partial charge in [-0.2, -0.15) is 0 Å². The number of nitrogens with zero attached hydrogens (tertiary/aromatic N) is 3. The highest BCUT2D eigenvalue weighted by molar-refractivity contribution is 7.13. The Kier molecular flexibility index (Phi) is 4.26. The van der Waals surface area contributed by atoms with E-state index in [4.69, 9.17) is 4.98 Å². The molecule has 4 rings (SSSR count). The van der Waals surface area contributed by atoms with Crippen LogP contribution >= 0.6 is 11.3 Å². The summed E-state index contributed by atoms with van der Waals surface area (Å²) in [6.45, 7) is 3.91. The van der Waals surface area contributed by atoms with E-state index < -0.39 is 6.04 Å². The number of aryl methyl sites for hydroxylation is 1. The molecule has 26 heavy (non-hydrogen) atoms. The number of hydrogen-bond donors (Lipinski definition) is 1. The molecule has 0 aliphatic carbocycles. The highest BCUT2D eigenvalue weighted by atomic mass is 32.1. The molecule has 2 heterocycles. The lowest BCUT2D eigenvalue weighted by Gasteiger charge is -2.17. The van der Waals surface area contributed by atoms with E-state index in [-0.39, 0.29) is 5.91 Å². The molecule has 6 heteroatoms. The van der Waals surface area contributed by atoms with Crippen LogP contribution in [-0.2, 0) is 4.79 Å². The van der Waals surface area contributed by atoms with E-state index in [1.807, 2.05) is 66.9 Å². The zero-order chi connectivity index (χ0) is 18.1. The standard InChI is InChI=1S/C20H18N4OS/c1-13-7-9-15(10-8-13)22-20(25)14(2)24-17-6-4-3-5-16(17)23-19(24)18-11-21-12-26-18/h3-12,14H,1-2H3,(H,22,25). The normalized spacial score (nSPS) is 12.2. The lowest BCUT2D eigenvalue weighted by Crippen LogP contribution is -2.24. The summed E-state index contributed by atoms with van der Waals surface area (Å²) in [6, 6.07) is 15.2. The molecule has 1 N–H and O–H groups in total. The van der Waals surface area contributed by atoms with Crippen molar-refractivity contribution in [3.05, 3.63) is 65.8 Å². The van der Waals surface area contributed by atoms with E-state index in [0.29, 0.717) is 0 Å². The maximum atomic E-state index is 12.9. The van der Waals surface area contributed by atoms with Crippen molar-refractivity contribution in [2.45, 2.75) is 19.9 Å². The fourth-order valence-corrected chi connectivity index (χ4v) is 3.54. The van der Waals surface area contributed by atoms with Gasteiger partial charge in [0.15, 0.2) is 5.82 Å². The van der Waals surface area contributed by atoms with Gasteiger partial charge in [0.2, 0.25) is 5.91 Å². The average molecular weight is 362 g/mol. The number of anilines is 1. The first-order valence-corrected chi connectivity index (χ1v) is 9.25. The number of carbonyl (C=O) groups excluding carboxylic acids is 1. The SMILES string of the molecule is Cc1ccc(NC(=O)C(C)n2c(-c3cncs3)nc3ccccc32)cc1. The van der Waals surface area contributed by atoms with E-state index in [9.17, 15) is 4.79 Å². The van der Waals surface area contributed by atoms with E-state index in [0.717, 1.165) is 33.0 Å². The van der Waals surface area contributed by atoms with Crippen LogP contribution in [-0.4, -0.2) is 20.4 Å². The minimum Gasteiger partial charge on any atom is -0.324 e.